The summed E-state index contributed by atoms with van der Waals surface area (Å²) in [6.45, 7) is 21.2. The first kappa shape index (κ1) is 16.0. The predicted octanol–water partition coefficient (Wildman–Crippen LogP) is 3.72. The summed E-state index contributed by atoms with van der Waals surface area (Å²) in [7, 11) is 0. The van der Waals surface area contributed by atoms with Crippen molar-refractivity contribution < 1.29 is 0 Å². The van der Waals surface area contributed by atoms with Gasteiger partial charge >= 0.3 is 0 Å². The summed E-state index contributed by atoms with van der Waals surface area (Å²) >= 11 is 0. The lowest BCUT2D eigenvalue weighted by atomic mass is 9.77. The van der Waals surface area contributed by atoms with Gasteiger partial charge in [0.15, 0.2) is 0 Å². The zero-order valence-corrected chi connectivity index (χ0v) is 13.9. The van der Waals surface area contributed by atoms with Crippen LogP contribution in [0, 0.1) is 17.8 Å². The minimum Gasteiger partial charge on any atom is -0.294 e. The van der Waals surface area contributed by atoms with Gasteiger partial charge in [-0.15, -0.1) is 0 Å². The lowest BCUT2D eigenvalue weighted by Gasteiger charge is -2.42. The topological polar surface area (TPSA) is 15.3 Å². The van der Waals surface area contributed by atoms with Crippen LogP contribution in [-0.2, 0) is 0 Å². The molecule has 3 atom stereocenters. The zero-order valence-electron chi connectivity index (χ0n) is 13.9. The Kier molecular flexibility index (Phi) is 4.88. The Bertz CT molecular complexity index is 270. The standard InChI is InChI=1S/C16H34N2/c1-10(2)14-16(9,12(5)6)17-15(11(3)4)18(14)13(7)8/h10-15,17H,1-9H3. The summed E-state index contributed by atoms with van der Waals surface area (Å²) in [5, 5.41) is 3.96. The highest BCUT2D eigenvalue weighted by Crippen LogP contribution is 2.39. The number of nitrogens with one attached hydrogen (secondary N) is 1. The molecule has 0 aromatic heterocycles. The van der Waals surface area contributed by atoms with Crippen LogP contribution in [-0.4, -0.2) is 28.7 Å². The molecule has 3 unspecified atom stereocenters. The van der Waals surface area contributed by atoms with Crippen LogP contribution in [0.5, 0.6) is 0 Å². The first-order valence-electron chi connectivity index (χ1n) is 7.68. The second kappa shape index (κ2) is 5.50. The van der Waals surface area contributed by atoms with E-state index in [0.717, 1.165) is 0 Å². The summed E-state index contributed by atoms with van der Waals surface area (Å²) < 4.78 is 0. The molecule has 0 saturated carbocycles. The Morgan fingerprint density at radius 1 is 0.889 bits per heavy atom. The summed E-state index contributed by atoms with van der Waals surface area (Å²) in [6.07, 6.45) is 0.504. The van der Waals surface area contributed by atoms with Crippen molar-refractivity contribution in [3.8, 4) is 0 Å². The minimum absolute atomic E-state index is 0.216. The molecule has 0 radical (unpaired) electrons. The molecule has 1 rings (SSSR count). The molecule has 0 aromatic rings. The van der Waals surface area contributed by atoms with E-state index in [0.29, 0.717) is 36.0 Å². The molecule has 1 N–H and O–H groups in total. The van der Waals surface area contributed by atoms with Gasteiger partial charge < -0.3 is 0 Å². The van der Waals surface area contributed by atoms with Crippen molar-refractivity contribution in [1.82, 2.24) is 10.2 Å². The van der Waals surface area contributed by atoms with Crippen LogP contribution in [0.25, 0.3) is 0 Å². The number of hydrogen-bond acceptors (Lipinski definition) is 2. The second-order valence-electron chi connectivity index (χ2n) is 7.50. The summed E-state index contributed by atoms with van der Waals surface area (Å²) in [5.74, 6) is 1.97. The molecule has 0 aromatic carbocycles. The molecule has 0 amide bonds. The Balaban J connectivity index is 3.18. The van der Waals surface area contributed by atoms with Gasteiger partial charge in [-0.2, -0.15) is 0 Å². The first-order valence-corrected chi connectivity index (χ1v) is 7.68. The molecule has 18 heavy (non-hydrogen) atoms. The van der Waals surface area contributed by atoms with Crippen molar-refractivity contribution in [2.45, 2.75) is 86.1 Å². The van der Waals surface area contributed by atoms with Crippen LogP contribution in [0.15, 0.2) is 0 Å². The molecule has 0 bridgehead atoms. The van der Waals surface area contributed by atoms with Crippen molar-refractivity contribution in [3.63, 3.8) is 0 Å². The first-order chi connectivity index (χ1) is 8.12. The maximum Gasteiger partial charge on any atom is 0.0631 e. The molecule has 0 spiro atoms. The minimum atomic E-state index is 0.216. The lowest BCUT2D eigenvalue weighted by Crippen LogP contribution is -2.54. The summed E-state index contributed by atoms with van der Waals surface area (Å²) in [6, 6.07) is 1.21. The maximum absolute atomic E-state index is 3.96. The molecule has 108 valence electrons. The number of hydrogen-bond donors (Lipinski definition) is 1. The van der Waals surface area contributed by atoms with Crippen molar-refractivity contribution in [3.05, 3.63) is 0 Å². The van der Waals surface area contributed by atoms with Crippen molar-refractivity contribution in [1.29, 1.82) is 0 Å². The van der Waals surface area contributed by atoms with E-state index >= 15 is 0 Å². The van der Waals surface area contributed by atoms with E-state index in [1.54, 1.807) is 0 Å². The van der Waals surface area contributed by atoms with Crippen LogP contribution in [0.2, 0.25) is 0 Å². The van der Waals surface area contributed by atoms with E-state index < -0.39 is 0 Å². The van der Waals surface area contributed by atoms with Gasteiger partial charge in [-0.25, -0.2) is 0 Å². The van der Waals surface area contributed by atoms with Gasteiger partial charge in [-0.05, 0) is 38.5 Å². The van der Waals surface area contributed by atoms with E-state index in [1.807, 2.05) is 0 Å². The Morgan fingerprint density at radius 2 is 1.39 bits per heavy atom. The van der Waals surface area contributed by atoms with E-state index in [1.165, 1.54) is 0 Å². The van der Waals surface area contributed by atoms with Gasteiger partial charge in [0.25, 0.3) is 0 Å². The van der Waals surface area contributed by atoms with Crippen molar-refractivity contribution >= 4 is 0 Å². The van der Waals surface area contributed by atoms with Gasteiger partial charge in [-0.3, -0.25) is 10.2 Å². The molecule has 1 fully saturated rings. The monoisotopic (exact) mass is 254 g/mol. The van der Waals surface area contributed by atoms with Crippen LogP contribution in [0.3, 0.4) is 0 Å². The highest BCUT2D eigenvalue weighted by atomic mass is 15.4. The molecular weight excluding hydrogens is 220 g/mol. The largest absolute Gasteiger partial charge is 0.294 e. The number of nitrogens with zero attached hydrogens (tertiary/aromatic N) is 1. The molecule has 2 heteroatoms. The third-order valence-corrected chi connectivity index (χ3v) is 4.77. The average molecular weight is 254 g/mol. The van der Waals surface area contributed by atoms with Crippen LogP contribution < -0.4 is 5.32 Å². The van der Waals surface area contributed by atoms with Gasteiger partial charge in [0.05, 0.1) is 6.17 Å². The Hall–Kier alpha value is -0.0800. The summed E-state index contributed by atoms with van der Waals surface area (Å²) in [5.41, 5.74) is 0.216. The van der Waals surface area contributed by atoms with Gasteiger partial charge in [0.1, 0.15) is 0 Å². The molecule has 0 aliphatic carbocycles. The molecule has 1 heterocycles. The molecular formula is C16H34N2. The van der Waals surface area contributed by atoms with E-state index in [2.05, 4.69) is 72.5 Å². The highest BCUT2D eigenvalue weighted by Gasteiger charge is 2.52. The highest BCUT2D eigenvalue weighted by molar-refractivity contribution is 5.09. The van der Waals surface area contributed by atoms with Crippen LogP contribution in [0.1, 0.15) is 62.3 Å². The van der Waals surface area contributed by atoms with Crippen molar-refractivity contribution in [2.75, 3.05) is 0 Å². The van der Waals surface area contributed by atoms with E-state index in [4.69, 9.17) is 0 Å². The van der Waals surface area contributed by atoms with E-state index in [-0.39, 0.29) is 5.54 Å². The lowest BCUT2D eigenvalue weighted by molar-refractivity contribution is 0.0728. The Labute approximate surface area is 115 Å². The summed E-state index contributed by atoms with van der Waals surface area (Å²) in [4.78, 5) is 2.72. The smallest absolute Gasteiger partial charge is 0.0631 e. The molecule has 1 aliphatic rings. The zero-order chi connectivity index (χ0) is 14.2. The second-order valence-corrected chi connectivity index (χ2v) is 7.50. The normalized spacial score (nSPS) is 34.5. The fourth-order valence-electron chi connectivity index (χ4n) is 3.66. The molecule has 1 saturated heterocycles. The van der Waals surface area contributed by atoms with E-state index in [9.17, 15) is 0 Å². The third-order valence-electron chi connectivity index (χ3n) is 4.77. The van der Waals surface area contributed by atoms with Crippen molar-refractivity contribution in [2.24, 2.45) is 17.8 Å². The van der Waals surface area contributed by atoms with Gasteiger partial charge in [-0.1, -0.05) is 41.5 Å². The Morgan fingerprint density at radius 3 is 1.67 bits per heavy atom. The molecule has 1 aliphatic heterocycles. The predicted molar refractivity (Wildman–Crippen MR) is 80.6 cm³/mol. The SMILES string of the molecule is CC(C)C1NC(C)(C(C)C)C(C(C)C)N1C(C)C. The average Bonchev–Trinajstić information content (AvgIpc) is 2.53. The third kappa shape index (κ3) is 2.60. The van der Waals surface area contributed by atoms with Crippen LogP contribution >= 0.6 is 0 Å². The van der Waals surface area contributed by atoms with Gasteiger partial charge in [0, 0.05) is 17.6 Å². The number of rotatable bonds is 4. The fourth-order valence-corrected chi connectivity index (χ4v) is 3.66. The quantitative estimate of drug-likeness (QED) is 0.822. The fraction of sp³-hybridized carbons (Fsp3) is 1.00. The maximum atomic E-state index is 3.96. The van der Waals surface area contributed by atoms with Gasteiger partial charge in [0.2, 0.25) is 0 Å². The molecule has 2 nitrogen and oxygen atoms in total. The van der Waals surface area contributed by atoms with Crippen LogP contribution in [0.4, 0.5) is 0 Å².